The summed E-state index contributed by atoms with van der Waals surface area (Å²) in [6.45, 7) is 6.06. The molecule has 44 heavy (non-hydrogen) atoms. The van der Waals surface area contributed by atoms with Crippen molar-refractivity contribution in [1.82, 2.24) is 15.5 Å². The van der Waals surface area contributed by atoms with Gasteiger partial charge < -0.3 is 26.0 Å². The Bertz CT molecular complexity index is 1500. The summed E-state index contributed by atoms with van der Waals surface area (Å²) in [5.41, 5.74) is 3.38. The normalized spacial score (nSPS) is 17.1. The molecule has 9 nitrogen and oxygen atoms in total. The number of nitrogens with zero attached hydrogens (tertiary/aromatic N) is 1. The van der Waals surface area contributed by atoms with Crippen molar-refractivity contribution < 1.29 is 24.3 Å². The molecule has 4 amide bonds. The molecule has 230 valence electrons. The quantitative estimate of drug-likeness (QED) is 0.245. The number of hydrogen-bond donors (Lipinski definition) is 4. The second kappa shape index (κ2) is 14.9. The van der Waals surface area contributed by atoms with Gasteiger partial charge in [0.05, 0.1) is 11.9 Å². The minimum atomic E-state index is -1.65. The molecule has 3 aromatic carbocycles. The van der Waals surface area contributed by atoms with Crippen LogP contribution in [0, 0.1) is 6.92 Å². The number of anilines is 1. The number of carbonyl (C=O) groups is 4. The number of aliphatic hydroxyl groups is 1. The second-order valence-corrected chi connectivity index (χ2v) is 12.8. The lowest BCUT2D eigenvalue weighted by molar-refractivity contribution is -0.147. The average Bonchev–Trinajstić information content (AvgIpc) is 3.34. The molecule has 0 aromatic heterocycles. The van der Waals surface area contributed by atoms with Crippen molar-refractivity contribution in [3.63, 3.8) is 0 Å². The molecular formula is C34H38N4O5S. The largest absolute Gasteiger partial charge is 0.381 e. The fourth-order valence-electron chi connectivity index (χ4n) is 5.04. The fourth-order valence-corrected chi connectivity index (χ4v) is 6.18. The van der Waals surface area contributed by atoms with E-state index in [0.29, 0.717) is 12.2 Å². The van der Waals surface area contributed by atoms with E-state index in [0.717, 1.165) is 28.8 Å². The summed E-state index contributed by atoms with van der Waals surface area (Å²) in [5, 5.41) is 19.7. The van der Waals surface area contributed by atoms with Crippen molar-refractivity contribution in [2.45, 2.75) is 56.7 Å². The van der Waals surface area contributed by atoms with Gasteiger partial charge in [-0.3, -0.25) is 19.2 Å². The topological polar surface area (TPSA) is 128 Å². The molecule has 4 N–H and O–H groups in total. The van der Waals surface area contributed by atoms with E-state index < -0.39 is 40.7 Å². The van der Waals surface area contributed by atoms with Crippen LogP contribution >= 0.6 is 11.8 Å². The Morgan fingerprint density at radius 2 is 1.55 bits per heavy atom. The Labute approximate surface area is 262 Å². The smallest absolute Gasteiger partial charge is 0.254 e. The van der Waals surface area contributed by atoms with E-state index in [1.165, 1.54) is 16.7 Å². The Kier molecular flexibility index (Phi) is 11.0. The highest BCUT2D eigenvalue weighted by atomic mass is 32.2. The number of aliphatic hydroxyl groups excluding tert-OH is 1. The first-order valence-corrected chi connectivity index (χ1v) is 15.4. The molecule has 1 saturated heterocycles. The van der Waals surface area contributed by atoms with Gasteiger partial charge in [-0.1, -0.05) is 72.8 Å². The van der Waals surface area contributed by atoms with Crippen LogP contribution in [0.1, 0.15) is 30.5 Å². The van der Waals surface area contributed by atoms with Crippen molar-refractivity contribution in [1.29, 1.82) is 0 Å². The third-order valence-corrected chi connectivity index (χ3v) is 8.85. The Morgan fingerprint density at radius 1 is 0.932 bits per heavy atom. The zero-order valence-corrected chi connectivity index (χ0v) is 25.8. The standard InChI is InChI=1S/C34H38N4O5S/c1-23-12-10-11-15-25(23)21-35-32(42)31-34(2,3)44-22-38(31)33(43)30(41)27(20-24-13-6-4-7-14-24)37-29(40)19-18-28(39)36-26-16-8-5-9-17-26/h4-19,27,30-31,41H,20-22H2,1-3H3,(H,35,42)(H,36,39)(H,37,40)/t27-,30-,31+/m0/s1. The van der Waals surface area contributed by atoms with Gasteiger partial charge in [-0.15, -0.1) is 11.8 Å². The van der Waals surface area contributed by atoms with Gasteiger partial charge in [0.1, 0.15) is 6.04 Å². The van der Waals surface area contributed by atoms with Crippen molar-refractivity contribution >= 4 is 41.1 Å². The van der Waals surface area contributed by atoms with Gasteiger partial charge in [-0.25, -0.2) is 0 Å². The van der Waals surface area contributed by atoms with Crippen LogP contribution in [0.5, 0.6) is 0 Å². The maximum atomic E-state index is 13.8. The molecular weight excluding hydrogens is 576 g/mol. The minimum absolute atomic E-state index is 0.151. The van der Waals surface area contributed by atoms with Crippen molar-refractivity contribution in [3.05, 3.63) is 114 Å². The summed E-state index contributed by atoms with van der Waals surface area (Å²) in [5.74, 6) is -1.93. The summed E-state index contributed by atoms with van der Waals surface area (Å²) in [4.78, 5) is 53.9. The molecule has 0 radical (unpaired) electrons. The molecule has 4 rings (SSSR count). The van der Waals surface area contributed by atoms with E-state index in [1.54, 1.807) is 24.3 Å². The van der Waals surface area contributed by atoms with Gasteiger partial charge in [0.2, 0.25) is 17.7 Å². The van der Waals surface area contributed by atoms with Crippen LogP contribution in [0.2, 0.25) is 0 Å². The van der Waals surface area contributed by atoms with E-state index in [4.69, 9.17) is 0 Å². The predicted molar refractivity (Wildman–Crippen MR) is 172 cm³/mol. The van der Waals surface area contributed by atoms with E-state index in [1.807, 2.05) is 81.4 Å². The number of para-hydroxylation sites is 1. The van der Waals surface area contributed by atoms with Gasteiger partial charge in [-0.05, 0) is 56.0 Å². The summed E-state index contributed by atoms with van der Waals surface area (Å²) in [7, 11) is 0. The molecule has 0 spiro atoms. The average molecular weight is 615 g/mol. The Morgan fingerprint density at radius 3 is 2.23 bits per heavy atom. The van der Waals surface area contributed by atoms with Crippen LogP contribution in [0.25, 0.3) is 0 Å². The molecule has 0 saturated carbocycles. The number of aryl methyl sites for hydroxylation is 1. The number of benzene rings is 3. The molecule has 1 fully saturated rings. The van der Waals surface area contributed by atoms with Crippen LogP contribution in [0.4, 0.5) is 5.69 Å². The first-order valence-electron chi connectivity index (χ1n) is 14.4. The molecule has 0 bridgehead atoms. The molecule has 0 unspecified atom stereocenters. The fraction of sp³-hybridized carbons (Fsp3) is 0.294. The third kappa shape index (κ3) is 8.58. The van der Waals surface area contributed by atoms with Crippen molar-refractivity contribution in [3.8, 4) is 0 Å². The third-order valence-electron chi connectivity index (χ3n) is 7.48. The highest BCUT2D eigenvalue weighted by Crippen LogP contribution is 2.40. The zero-order chi connectivity index (χ0) is 31.7. The molecule has 1 aliphatic rings. The van der Waals surface area contributed by atoms with E-state index in [-0.39, 0.29) is 18.2 Å². The lowest BCUT2D eigenvalue weighted by Crippen LogP contribution is -2.58. The number of amides is 4. The van der Waals surface area contributed by atoms with Gasteiger partial charge >= 0.3 is 0 Å². The predicted octanol–water partition coefficient (Wildman–Crippen LogP) is 3.57. The summed E-state index contributed by atoms with van der Waals surface area (Å²) in [6.07, 6.45) is 0.652. The van der Waals surface area contributed by atoms with E-state index in [9.17, 15) is 24.3 Å². The Balaban J connectivity index is 1.47. The van der Waals surface area contributed by atoms with Crippen LogP contribution in [0.15, 0.2) is 97.1 Å². The SMILES string of the molecule is Cc1ccccc1CNC(=O)[C@H]1N(C(=O)[C@@H](O)[C@H](Cc2ccccc2)NC(=O)C=CC(=O)Nc2ccccc2)CSC1(C)C. The maximum absolute atomic E-state index is 13.8. The van der Waals surface area contributed by atoms with Crippen molar-refractivity contribution in [2.75, 3.05) is 11.2 Å². The number of rotatable bonds is 11. The number of carbonyl (C=O) groups excluding carboxylic acids is 4. The molecule has 1 aliphatic heterocycles. The number of hydrogen-bond acceptors (Lipinski definition) is 6. The monoisotopic (exact) mass is 614 g/mol. The van der Waals surface area contributed by atoms with Crippen LogP contribution in [-0.2, 0) is 32.1 Å². The van der Waals surface area contributed by atoms with Crippen LogP contribution < -0.4 is 16.0 Å². The molecule has 10 heteroatoms. The zero-order valence-electron chi connectivity index (χ0n) is 25.0. The first kappa shape index (κ1) is 32.5. The second-order valence-electron chi connectivity index (χ2n) is 11.2. The maximum Gasteiger partial charge on any atom is 0.254 e. The van der Waals surface area contributed by atoms with Crippen LogP contribution in [0.3, 0.4) is 0 Å². The van der Waals surface area contributed by atoms with Crippen LogP contribution in [-0.4, -0.2) is 62.4 Å². The molecule has 0 aliphatic carbocycles. The molecule has 3 aromatic rings. The lowest BCUT2D eigenvalue weighted by atomic mass is 9.97. The van der Waals surface area contributed by atoms with Gasteiger partial charge in [0.15, 0.2) is 6.10 Å². The van der Waals surface area contributed by atoms with E-state index >= 15 is 0 Å². The molecule has 3 atom stereocenters. The minimum Gasteiger partial charge on any atom is -0.381 e. The summed E-state index contributed by atoms with van der Waals surface area (Å²) in [6, 6.07) is 23.8. The van der Waals surface area contributed by atoms with Crippen molar-refractivity contribution in [2.24, 2.45) is 0 Å². The Hall–Kier alpha value is -4.41. The summed E-state index contributed by atoms with van der Waals surface area (Å²) < 4.78 is -0.613. The highest BCUT2D eigenvalue weighted by molar-refractivity contribution is 8.00. The summed E-state index contributed by atoms with van der Waals surface area (Å²) >= 11 is 1.45. The molecule has 1 heterocycles. The van der Waals surface area contributed by atoms with E-state index in [2.05, 4.69) is 16.0 Å². The number of thioether (sulfide) groups is 1. The first-order chi connectivity index (χ1) is 21.0. The van der Waals surface area contributed by atoms with Gasteiger partial charge in [-0.2, -0.15) is 0 Å². The lowest BCUT2D eigenvalue weighted by Gasteiger charge is -2.33. The van der Waals surface area contributed by atoms with Gasteiger partial charge in [0.25, 0.3) is 5.91 Å². The number of nitrogens with one attached hydrogen (secondary N) is 3. The van der Waals surface area contributed by atoms with Gasteiger partial charge in [0, 0.05) is 29.1 Å². The highest BCUT2D eigenvalue weighted by Gasteiger charge is 2.49.